The fourth-order valence-corrected chi connectivity index (χ4v) is 3.57. The summed E-state index contributed by atoms with van der Waals surface area (Å²) in [4.78, 5) is 17.8. The van der Waals surface area contributed by atoms with Crippen molar-refractivity contribution in [2.24, 2.45) is 0 Å². The molecule has 30 heavy (non-hydrogen) atoms. The maximum Gasteiger partial charge on any atom is 0.269 e. The van der Waals surface area contributed by atoms with E-state index in [0.717, 1.165) is 35.7 Å². The number of nitro groups is 1. The van der Waals surface area contributed by atoms with Crippen molar-refractivity contribution in [3.8, 4) is 11.3 Å². The van der Waals surface area contributed by atoms with Crippen LogP contribution in [0.3, 0.4) is 0 Å². The number of nitrogen functional groups attached to an aromatic ring is 1. The highest BCUT2D eigenvalue weighted by molar-refractivity contribution is 5.68. The van der Waals surface area contributed by atoms with E-state index in [1.54, 1.807) is 12.1 Å². The maximum atomic E-state index is 11.0. The van der Waals surface area contributed by atoms with Gasteiger partial charge in [0.2, 0.25) is 0 Å². The van der Waals surface area contributed by atoms with Crippen LogP contribution in [0.4, 0.5) is 11.4 Å². The Morgan fingerprint density at radius 2 is 1.77 bits per heavy atom. The van der Waals surface area contributed by atoms with Crippen molar-refractivity contribution < 1.29 is 4.92 Å². The number of nitrogens with zero attached hydrogens (tertiary/aromatic N) is 4. The first-order valence-electron chi connectivity index (χ1n) is 9.82. The highest BCUT2D eigenvalue weighted by Gasteiger charge is 2.18. The minimum Gasteiger partial charge on any atom is -0.398 e. The van der Waals surface area contributed by atoms with Crippen LogP contribution in [-0.2, 0) is 13.1 Å². The second-order valence-corrected chi connectivity index (χ2v) is 7.19. The van der Waals surface area contributed by atoms with Crippen LogP contribution in [0.1, 0.15) is 18.2 Å². The topological polar surface area (TPSA) is 89.7 Å². The van der Waals surface area contributed by atoms with Gasteiger partial charge < -0.3 is 10.1 Å². The van der Waals surface area contributed by atoms with Crippen molar-refractivity contribution in [1.82, 2.24) is 14.3 Å². The molecule has 0 saturated carbocycles. The van der Waals surface area contributed by atoms with Gasteiger partial charge in [0.05, 0.1) is 16.3 Å². The van der Waals surface area contributed by atoms with Gasteiger partial charge in [-0.05, 0) is 36.4 Å². The van der Waals surface area contributed by atoms with Crippen LogP contribution in [0.2, 0.25) is 0 Å². The Hall–Kier alpha value is -3.71. The molecule has 0 radical (unpaired) electrons. The number of rotatable bonds is 7. The van der Waals surface area contributed by atoms with Gasteiger partial charge in [0.25, 0.3) is 5.69 Å². The van der Waals surface area contributed by atoms with Crippen LogP contribution in [0.25, 0.3) is 16.9 Å². The zero-order chi connectivity index (χ0) is 21.1. The molecule has 0 atom stereocenters. The van der Waals surface area contributed by atoms with Gasteiger partial charge in [0.1, 0.15) is 5.65 Å². The lowest BCUT2D eigenvalue weighted by molar-refractivity contribution is -0.384. The van der Waals surface area contributed by atoms with Crippen LogP contribution in [-0.4, -0.2) is 25.8 Å². The van der Waals surface area contributed by atoms with E-state index in [9.17, 15) is 10.1 Å². The molecule has 0 unspecified atom stereocenters. The smallest absolute Gasteiger partial charge is 0.269 e. The second-order valence-electron chi connectivity index (χ2n) is 7.19. The van der Waals surface area contributed by atoms with Crippen molar-refractivity contribution in [2.45, 2.75) is 20.0 Å². The largest absolute Gasteiger partial charge is 0.398 e. The number of aromatic nitrogens is 2. The Bertz CT molecular complexity index is 1170. The van der Waals surface area contributed by atoms with Crippen LogP contribution in [0.15, 0.2) is 72.9 Å². The number of benzene rings is 2. The van der Waals surface area contributed by atoms with E-state index < -0.39 is 4.92 Å². The van der Waals surface area contributed by atoms with Crippen molar-refractivity contribution in [2.75, 3.05) is 12.3 Å². The first-order valence-corrected chi connectivity index (χ1v) is 9.82. The third-order valence-corrected chi connectivity index (χ3v) is 5.16. The lowest BCUT2D eigenvalue weighted by atomic mass is 10.1. The molecule has 2 heterocycles. The van der Waals surface area contributed by atoms with E-state index in [-0.39, 0.29) is 5.69 Å². The van der Waals surface area contributed by atoms with E-state index >= 15 is 0 Å². The number of hydrogen-bond acceptors (Lipinski definition) is 5. The molecule has 0 aliphatic rings. The molecule has 0 saturated heterocycles. The predicted molar refractivity (Wildman–Crippen MR) is 118 cm³/mol. The van der Waals surface area contributed by atoms with Crippen LogP contribution in [0.5, 0.6) is 0 Å². The summed E-state index contributed by atoms with van der Waals surface area (Å²) < 4.78 is 2.01. The lowest BCUT2D eigenvalue weighted by Gasteiger charge is -2.21. The van der Waals surface area contributed by atoms with Crippen molar-refractivity contribution in [1.29, 1.82) is 0 Å². The first-order chi connectivity index (χ1) is 14.5. The number of pyridine rings is 1. The lowest BCUT2D eigenvalue weighted by Crippen LogP contribution is -2.23. The molecule has 0 spiro atoms. The van der Waals surface area contributed by atoms with Crippen LogP contribution in [0, 0.1) is 10.1 Å². The van der Waals surface area contributed by atoms with Gasteiger partial charge >= 0.3 is 0 Å². The number of nitrogens with two attached hydrogens (primary N) is 1. The minimum absolute atomic E-state index is 0.0626. The quantitative estimate of drug-likeness (QED) is 0.363. The van der Waals surface area contributed by atoms with E-state index in [1.807, 2.05) is 40.9 Å². The van der Waals surface area contributed by atoms with E-state index in [1.165, 1.54) is 17.7 Å². The Kier molecular flexibility index (Phi) is 5.45. The molecule has 7 heteroatoms. The SMILES string of the molecule is CCN(Cc1ccccc1)Cc1c(-c2ccc([N+](=O)[O-])cc2)nc2ccc(N)cn12. The average molecular weight is 401 g/mol. The van der Waals surface area contributed by atoms with Gasteiger partial charge in [-0.15, -0.1) is 0 Å². The van der Waals surface area contributed by atoms with Gasteiger partial charge in [-0.2, -0.15) is 0 Å². The first kappa shape index (κ1) is 19.6. The van der Waals surface area contributed by atoms with Gasteiger partial charge in [-0.3, -0.25) is 15.0 Å². The molecule has 0 aliphatic carbocycles. The summed E-state index contributed by atoms with van der Waals surface area (Å²) in [7, 11) is 0. The molecule has 0 fully saturated rings. The van der Waals surface area contributed by atoms with Crippen LogP contribution < -0.4 is 5.73 Å². The number of fused-ring (bicyclic) bond motifs is 1. The fraction of sp³-hybridized carbons (Fsp3) is 0.174. The summed E-state index contributed by atoms with van der Waals surface area (Å²) in [6.45, 7) is 4.48. The highest BCUT2D eigenvalue weighted by atomic mass is 16.6. The van der Waals surface area contributed by atoms with Crippen LogP contribution >= 0.6 is 0 Å². The standard InChI is InChI=1S/C23H23N5O2/c1-2-26(14-17-6-4-3-5-7-17)16-21-23(18-8-11-20(12-9-18)28(29)30)25-22-13-10-19(24)15-27(21)22/h3-13,15H,2,14,16,24H2,1H3. The van der Waals surface area contributed by atoms with Crippen molar-refractivity contribution >= 4 is 17.0 Å². The van der Waals surface area contributed by atoms with Gasteiger partial charge in [0.15, 0.2) is 0 Å². The zero-order valence-corrected chi connectivity index (χ0v) is 16.7. The van der Waals surface area contributed by atoms with E-state index in [4.69, 9.17) is 10.7 Å². The molecule has 0 aliphatic heterocycles. The van der Waals surface area contributed by atoms with Gasteiger partial charge in [0, 0.05) is 42.7 Å². The molecule has 4 rings (SSSR count). The molecular formula is C23H23N5O2. The molecule has 4 aromatic rings. The monoisotopic (exact) mass is 401 g/mol. The van der Waals surface area contributed by atoms with E-state index in [0.29, 0.717) is 12.2 Å². The summed E-state index contributed by atoms with van der Waals surface area (Å²) in [5.41, 5.74) is 11.4. The molecular weight excluding hydrogens is 378 g/mol. The Labute approximate surface area is 174 Å². The number of hydrogen-bond donors (Lipinski definition) is 1. The van der Waals surface area contributed by atoms with E-state index in [2.05, 4.69) is 24.0 Å². The highest BCUT2D eigenvalue weighted by Crippen LogP contribution is 2.28. The summed E-state index contributed by atoms with van der Waals surface area (Å²) in [6.07, 6.45) is 1.88. The molecule has 152 valence electrons. The minimum atomic E-state index is -0.395. The van der Waals surface area contributed by atoms with Crippen molar-refractivity contribution in [3.63, 3.8) is 0 Å². The zero-order valence-electron chi connectivity index (χ0n) is 16.7. The molecule has 7 nitrogen and oxygen atoms in total. The average Bonchev–Trinajstić information content (AvgIpc) is 3.11. The number of non-ortho nitro benzene ring substituents is 1. The summed E-state index contributed by atoms with van der Waals surface area (Å²) in [5, 5.41) is 11.0. The predicted octanol–water partition coefficient (Wildman–Crippen LogP) is 4.51. The molecule has 0 amide bonds. The summed E-state index contributed by atoms with van der Waals surface area (Å²) >= 11 is 0. The van der Waals surface area contributed by atoms with Gasteiger partial charge in [-0.25, -0.2) is 4.98 Å². The Morgan fingerprint density at radius 1 is 1.03 bits per heavy atom. The number of anilines is 1. The van der Waals surface area contributed by atoms with Gasteiger partial charge in [-0.1, -0.05) is 37.3 Å². The van der Waals surface area contributed by atoms with Crippen molar-refractivity contribution in [3.05, 3.63) is 94.3 Å². The maximum absolute atomic E-state index is 11.0. The number of imidazole rings is 1. The third-order valence-electron chi connectivity index (χ3n) is 5.16. The fourth-order valence-electron chi connectivity index (χ4n) is 3.57. The molecule has 2 aromatic carbocycles. The normalized spacial score (nSPS) is 11.3. The Morgan fingerprint density at radius 3 is 2.43 bits per heavy atom. The molecule has 0 bridgehead atoms. The summed E-state index contributed by atoms with van der Waals surface area (Å²) in [5.74, 6) is 0. The third kappa shape index (κ3) is 4.01. The number of nitro benzene ring substituents is 1. The molecule has 2 N–H and O–H groups in total. The molecule has 2 aromatic heterocycles. The summed E-state index contributed by atoms with van der Waals surface area (Å²) in [6, 6.07) is 20.6. The Balaban J connectivity index is 1.75. The second kappa shape index (κ2) is 8.34.